The van der Waals surface area contributed by atoms with Gasteiger partial charge in [0.1, 0.15) is 5.75 Å². The molecule has 1 aliphatic rings. The number of ether oxygens (including phenoxy) is 1. The maximum absolute atomic E-state index is 13.6. The van der Waals surface area contributed by atoms with E-state index >= 15 is 0 Å². The van der Waals surface area contributed by atoms with Crippen molar-refractivity contribution in [2.75, 3.05) is 13.2 Å². The van der Waals surface area contributed by atoms with E-state index in [0.29, 0.717) is 48.6 Å². The summed E-state index contributed by atoms with van der Waals surface area (Å²) in [6, 6.07) is 23.8. The molecule has 0 radical (unpaired) electrons. The number of rotatable bonds is 10. The van der Waals surface area contributed by atoms with Crippen molar-refractivity contribution in [3.05, 3.63) is 123 Å². The number of carbonyl (C=O) groups is 1. The number of hydrogen-bond donors (Lipinski definition) is 1. The number of hydrogen-bond acceptors (Lipinski definition) is 6. The normalized spacial score (nSPS) is 13.8. The van der Waals surface area contributed by atoms with Crippen LogP contribution < -0.4 is 9.46 Å². The summed E-state index contributed by atoms with van der Waals surface area (Å²) < 4.78 is 65.0. The van der Waals surface area contributed by atoms with Gasteiger partial charge in [-0.2, -0.15) is 4.31 Å². The van der Waals surface area contributed by atoms with Crippen molar-refractivity contribution in [3.63, 3.8) is 0 Å². The summed E-state index contributed by atoms with van der Waals surface area (Å²) in [7, 11) is -8.18. The number of nitrogens with zero attached hydrogens (tertiary/aromatic N) is 2. The maximum Gasteiger partial charge on any atom is 0.267 e. The molecule has 1 amide bonds. The fraction of sp³-hybridized carbons (Fsp3) is 0.250. The fourth-order valence-electron chi connectivity index (χ4n) is 6.25. The molecule has 12 heteroatoms. The number of aryl methyl sites for hydroxylation is 3. The number of fused-ring (bicyclic) bond motifs is 2. The largest absolute Gasteiger partial charge is 0.494 e. The Morgan fingerprint density at radius 2 is 1.48 bits per heavy atom. The average molecular weight is 706 g/mol. The van der Waals surface area contributed by atoms with Crippen molar-refractivity contribution in [2.24, 2.45) is 0 Å². The second kappa shape index (κ2) is 13.4. The minimum Gasteiger partial charge on any atom is -0.494 e. The molecule has 0 bridgehead atoms. The van der Waals surface area contributed by atoms with E-state index in [1.165, 1.54) is 28.6 Å². The zero-order valence-corrected chi connectivity index (χ0v) is 29.3. The predicted octanol–water partition coefficient (Wildman–Crippen LogP) is 6.55. The van der Waals surface area contributed by atoms with Crippen LogP contribution in [0.25, 0.3) is 10.9 Å². The number of aromatic nitrogens is 1. The van der Waals surface area contributed by atoms with E-state index in [2.05, 4.69) is 4.72 Å². The molecule has 0 spiro atoms. The molecule has 48 heavy (non-hydrogen) atoms. The molecule has 0 fully saturated rings. The Bertz CT molecular complexity index is 2220. The van der Waals surface area contributed by atoms with Gasteiger partial charge in [0.15, 0.2) is 0 Å². The molecule has 0 saturated carbocycles. The van der Waals surface area contributed by atoms with E-state index in [9.17, 15) is 21.6 Å². The Morgan fingerprint density at radius 1 is 0.854 bits per heavy atom. The Hall–Kier alpha value is -4.16. The minimum absolute atomic E-state index is 0.0172. The third-order valence-corrected chi connectivity index (χ3v) is 12.6. The highest BCUT2D eigenvalue weighted by molar-refractivity contribution is 7.90. The molecule has 250 valence electrons. The molecule has 0 unspecified atom stereocenters. The lowest BCUT2D eigenvalue weighted by Crippen LogP contribution is -2.36. The zero-order valence-electron chi connectivity index (χ0n) is 26.9. The summed E-state index contributed by atoms with van der Waals surface area (Å²) >= 11 is 6.28. The van der Waals surface area contributed by atoms with Gasteiger partial charge < -0.3 is 9.30 Å². The van der Waals surface area contributed by atoms with E-state index in [4.69, 9.17) is 16.3 Å². The molecule has 0 aliphatic carbocycles. The van der Waals surface area contributed by atoms with Crippen LogP contribution in [0.5, 0.6) is 5.75 Å². The molecule has 1 aromatic heterocycles. The van der Waals surface area contributed by atoms with Crippen LogP contribution in [0.15, 0.2) is 94.7 Å². The molecule has 9 nitrogen and oxygen atoms in total. The van der Waals surface area contributed by atoms with Crippen LogP contribution in [-0.2, 0) is 39.6 Å². The first-order valence-electron chi connectivity index (χ1n) is 15.6. The zero-order chi connectivity index (χ0) is 34.2. The Kier molecular flexibility index (Phi) is 9.41. The van der Waals surface area contributed by atoms with Gasteiger partial charge in [-0.25, -0.2) is 21.6 Å². The number of para-hydroxylation sites is 1. The van der Waals surface area contributed by atoms with Gasteiger partial charge in [0, 0.05) is 41.3 Å². The number of halogens is 1. The van der Waals surface area contributed by atoms with E-state index in [1.807, 2.05) is 66.9 Å². The molecule has 2 heterocycles. The molecule has 5 aromatic rings. The first-order valence-corrected chi connectivity index (χ1v) is 18.9. The molecular formula is C36H36ClN3O6S2. The van der Waals surface area contributed by atoms with E-state index < -0.39 is 26.0 Å². The van der Waals surface area contributed by atoms with Crippen LogP contribution in [0, 0.1) is 20.8 Å². The van der Waals surface area contributed by atoms with Crippen LogP contribution >= 0.6 is 11.6 Å². The lowest BCUT2D eigenvalue weighted by atomic mass is 10.0. The van der Waals surface area contributed by atoms with Gasteiger partial charge in [-0.1, -0.05) is 54.1 Å². The van der Waals surface area contributed by atoms with Crippen molar-refractivity contribution in [1.29, 1.82) is 0 Å². The number of sulfonamides is 2. The van der Waals surface area contributed by atoms with Crippen LogP contribution in [0.4, 0.5) is 0 Å². The SMILES string of the molecule is Cc1cc(OCCCn2c(C)c(C(=O)NS(=O)(=O)c3ccc(S(=O)(=O)N4CCc5ccccc5C4)cc3)c3ccccc32)cc(C)c1Cl. The average Bonchev–Trinajstić information content (AvgIpc) is 3.35. The summed E-state index contributed by atoms with van der Waals surface area (Å²) in [5, 5.41) is 1.34. The molecule has 0 atom stereocenters. The van der Waals surface area contributed by atoms with Crippen LogP contribution in [-0.4, -0.2) is 44.8 Å². The van der Waals surface area contributed by atoms with Crippen LogP contribution in [0.1, 0.15) is 44.7 Å². The fourth-order valence-corrected chi connectivity index (χ4v) is 8.74. The molecule has 4 aromatic carbocycles. The third kappa shape index (κ3) is 6.60. The second-order valence-electron chi connectivity index (χ2n) is 12.0. The summed E-state index contributed by atoms with van der Waals surface area (Å²) in [5.41, 5.74) is 5.61. The van der Waals surface area contributed by atoms with Crippen molar-refractivity contribution in [3.8, 4) is 5.75 Å². The Labute approximate surface area is 286 Å². The van der Waals surface area contributed by atoms with Gasteiger partial charge in [0.25, 0.3) is 15.9 Å². The minimum atomic E-state index is -4.32. The summed E-state index contributed by atoms with van der Waals surface area (Å²) in [6.45, 7) is 7.19. The number of benzene rings is 4. The topological polar surface area (TPSA) is 115 Å². The highest BCUT2D eigenvalue weighted by atomic mass is 35.5. The first kappa shape index (κ1) is 33.7. The van der Waals surface area contributed by atoms with Crippen molar-refractivity contribution < 1.29 is 26.4 Å². The number of carbonyl (C=O) groups excluding carboxylic acids is 1. The van der Waals surface area contributed by atoms with Gasteiger partial charge >= 0.3 is 0 Å². The van der Waals surface area contributed by atoms with E-state index in [0.717, 1.165) is 33.5 Å². The van der Waals surface area contributed by atoms with E-state index in [1.54, 1.807) is 19.1 Å². The monoisotopic (exact) mass is 705 g/mol. The number of amides is 1. The second-order valence-corrected chi connectivity index (χ2v) is 16.0. The summed E-state index contributed by atoms with van der Waals surface area (Å²) in [5.74, 6) is -0.0360. The Morgan fingerprint density at radius 3 is 2.19 bits per heavy atom. The highest BCUT2D eigenvalue weighted by Gasteiger charge is 2.29. The molecule has 0 saturated heterocycles. The van der Waals surface area contributed by atoms with Gasteiger partial charge in [-0.05, 0) is 98.3 Å². The van der Waals surface area contributed by atoms with Gasteiger partial charge in [-0.15, -0.1) is 0 Å². The van der Waals surface area contributed by atoms with Crippen LogP contribution in [0.3, 0.4) is 0 Å². The third-order valence-electron chi connectivity index (χ3n) is 8.76. The highest BCUT2D eigenvalue weighted by Crippen LogP contribution is 2.29. The molecule has 1 N–H and O–H groups in total. The van der Waals surface area contributed by atoms with Gasteiger partial charge in [0.2, 0.25) is 10.0 Å². The Balaban J connectivity index is 1.16. The predicted molar refractivity (Wildman–Crippen MR) is 187 cm³/mol. The van der Waals surface area contributed by atoms with Crippen molar-refractivity contribution in [2.45, 2.75) is 56.5 Å². The quantitative estimate of drug-likeness (QED) is 0.165. The smallest absolute Gasteiger partial charge is 0.267 e. The molecule has 6 rings (SSSR count). The van der Waals surface area contributed by atoms with E-state index in [-0.39, 0.29) is 21.9 Å². The number of nitrogens with one attached hydrogen (secondary N) is 1. The van der Waals surface area contributed by atoms with Gasteiger partial charge in [0.05, 0.1) is 22.0 Å². The van der Waals surface area contributed by atoms with Crippen molar-refractivity contribution in [1.82, 2.24) is 13.6 Å². The maximum atomic E-state index is 13.6. The van der Waals surface area contributed by atoms with Crippen molar-refractivity contribution >= 4 is 48.5 Å². The summed E-state index contributed by atoms with van der Waals surface area (Å²) in [6.07, 6.45) is 1.24. The lowest BCUT2D eigenvalue weighted by molar-refractivity contribution is 0.0982. The summed E-state index contributed by atoms with van der Waals surface area (Å²) in [4.78, 5) is 13.3. The molecular weight excluding hydrogens is 670 g/mol. The van der Waals surface area contributed by atoms with Crippen LogP contribution in [0.2, 0.25) is 5.02 Å². The standard InChI is InChI=1S/C36H36ClN3O6S2/c1-24-21-29(22-25(2)35(24)37)46-20-8-18-40-26(3)34(32-11-6-7-12-33(32)40)36(41)38-47(42,43)30-13-15-31(16-14-30)48(44,45)39-19-17-27-9-4-5-10-28(27)23-39/h4-7,9-16,21-22H,8,17-20,23H2,1-3H3,(H,38,41). The molecule has 1 aliphatic heterocycles. The lowest BCUT2D eigenvalue weighted by Gasteiger charge is -2.28. The first-order chi connectivity index (χ1) is 22.9. The van der Waals surface area contributed by atoms with Gasteiger partial charge in [-0.3, -0.25) is 4.79 Å².